The summed E-state index contributed by atoms with van der Waals surface area (Å²) in [6.45, 7) is 5.34. The molecule has 0 spiro atoms. The molecule has 1 amide bonds. The predicted octanol–water partition coefficient (Wildman–Crippen LogP) is 3.62. The summed E-state index contributed by atoms with van der Waals surface area (Å²) in [6, 6.07) is 1.88. The molecule has 3 aromatic heterocycles. The Morgan fingerprint density at radius 1 is 1.40 bits per heavy atom. The quantitative estimate of drug-likeness (QED) is 0.682. The Morgan fingerprint density at radius 3 is 3.08 bits per heavy atom. The van der Waals surface area contributed by atoms with Crippen LogP contribution in [-0.4, -0.2) is 34.7 Å². The largest absolute Gasteiger partial charge is 0.488 e. The molecule has 0 saturated carbocycles. The van der Waals surface area contributed by atoms with Crippen LogP contribution in [-0.2, 0) is 0 Å². The number of fused-ring (bicyclic) bond motifs is 1. The minimum Gasteiger partial charge on any atom is -0.488 e. The number of hydrogen-bond donors (Lipinski definition) is 2. The van der Waals surface area contributed by atoms with Crippen LogP contribution < -0.4 is 15.0 Å². The zero-order valence-corrected chi connectivity index (χ0v) is 15.2. The van der Waals surface area contributed by atoms with Gasteiger partial charge >= 0.3 is 0 Å². The Morgan fingerprint density at radius 2 is 2.24 bits per heavy atom. The van der Waals surface area contributed by atoms with Crippen molar-refractivity contribution < 1.29 is 9.53 Å². The molecule has 2 N–H and O–H groups in total. The van der Waals surface area contributed by atoms with E-state index in [4.69, 9.17) is 16.3 Å². The van der Waals surface area contributed by atoms with Crippen molar-refractivity contribution in [3.63, 3.8) is 0 Å². The van der Waals surface area contributed by atoms with Gasteiger partial charge in [-0.25, -0.2) is 4.98 Å². The molecule has 8 heteroatoms. The van der Waals surface area contributed by atoms with E-state index in [2.05, 4.69) is 20.2 Å². The van der Waals surface area contributed by atoms with Crippen LogP contribution in [0.15, 0.2) is 18.5 Å². The Kier molecular flexibility index (Phi) is 2.94. The molecule has 0 bridgehead atoms. The number of nitrogens with one attached hydrogen (secondary N) is 2. The zero-order chi connectivity index (χ0) is 17.3. The first-order valence-corrected chi connectivity index (χ1v) is 9.18. The summed E-state index contributed by atoms with van der Waals surface area (Å²) in [5, 5.41) is 4.57. The van der Waals surface area contributed by atoms with Crippen LogP contribution in [0.25, 0.3) is 21.5 Å². The smallest absolute Gasteiger partial charge is 0.265 e. The topological polar surface area (TPSA) is 70.2 Å². The molecule has 5 heterocycles. The van der Waals surface area contributed by atoms with E-state index >= 15 is 0 Å². The minimum atomic E-state index is -0.438. The van der Waals surface area contributed by atoms with Crippen LogP contribution >= 0.6 is 22.9 Å². The van der Waals surface area contributed by atoms with Gasteiger partial charge in [0.2, 0.25) is 0 Å². The summed E-state index contributed by atoms with van der Waals surface area (Å²) in [5.74, 6) is 0.713. The number of ether oxygens (including phenoxy) is 1. The molecule has 2 aliphatic heterocycles. The first-order chi connectivity index (χ1) is 12.0. The van der Waals surface area contributed by atoms with Gasteiger partial charge in [0.05, 0.1) is 16.4 Å². The number of aromatic nitrogens is 2. The number of aromatic amines is 1. The lowest BCUT2D eigenvalue weighted by Crippen LogP contribution is -2.61. The number of thiophene rings is 1. The van der Waals surface area contributed by atoms with E-state index in [9.17, 15) is 4.79 Å². The lowest BCUT2D eigenvalue weighted by atomic mass is 10.0. The van der Waals surface area contributed by atoms with Gasteiger partial charge in [0.1, 0.15) is 28.5 Å². The van der Waals surface area contributed by atoms with E-state index in [0.29, 0.717) is 16.5 Å². The van der Waals surface area contributed by atoms with Crippen molar-refractivity contribution in [3.05, 3.63) is 28.4 Å². The Balaban J connectivity index is 1.78. The minimum absolute atomic E-state index is 0.0600. The highest BCUT2D eigenvalue weighted by Crippen LogP contribution is 2.53. The fourth-order valence-corrected chi connectivity index (χ4v) is 4.93. The third-order valence-electron chi connectivity index (χ3n) is 4.71. The number of nitrogens with zero attached hydrogens (tertiary/aromatic N) is 2. The van der Waals surface area contributed by atoms with Crippen LogP contribution in [0.4, 0.5) is 5.69 Å². The lowest BCUT2D eigenvalue weighted by molar-refractivity contribution is 0.0895. The molecule has 0 radical (unpaired) electrons. The van der Waals surface area contributed by atoms with Gasteiger partial charge in [-0.15, -0.1) is 11.3 Å². The second-order valence-corrected chi connectivity index (χ2v) is 8.16. The summed E-state index contributed by atoms with van der Waals surface area (Å²) in [7, 11) is 0. The van der Waals surface area contributed by atoms with Crippen molar-refractivity contribution in [2.75, 3.05) is 18.1 Å². The summed E-state index contributed by atoms with van der Waals surface area (Å²) in [4.78, 5) is 23.9. The van der Waals surface area contributed by atoms with Crippen molar-refractivity contribution in [1.82, 2.24) is 15.3 Å². The number of hydrogen-bond acceptors (Lipinski definition) is 5. The normalized spacial score (nSPS) is 18.0. The predicted molar refractivity (Wildman–Crippen MR) is 98.8 cm³/mol. The number of H-pyrrole nitrogens is 1. The molecule has 128 valence electrons. The third-order valence-corrected chi connectivity index (χ3v) is 6.11. The van der Waals surface area contributed by atoms with Crippen molar-refractivity contribution >= 4 is 45.6 Å². The Hall–Kier alpha value is -2.25. The molecule has 0 unspecified atom stereocenters. The summed E-state index contributed by atoms with van der Waals surface area (Å²) < 4.78 is 6.01. The molecule has 6 nitrogen and oxygen atoms in total. The van der Waals surface area contributed by atoms with E-state index in [1.807, 2.05) is 26.1 Å². The third kappa shape index (κ3) is 2.02. The van der Waals surface area contributed by atoms with Gasteiger partial charge in [0.25, 0.3) is 5.91 Å². The molecule has 0 fully saturated rings. The molecule has 0 aliphatic carbocycles. The number of anilines is 1. The van der Waals surface area contributed by atoms with E-state index < -0.39 is 5.66 Å². The Bertz CT molecular complexity index is 1040. The fourth-order valence-electron chi connectivity index (χ4n) is 3.60. The lowest BCUT2D eigenvalue weighted by Gasteiger charge is -2.45. The van der Waals surface area contributed by atoms with Gasteiger partial charge in [0, 0.05) is 23.3 Å². The average Bonchev–Trinajstić information content (AvgIpc) is 3.14. The SMILES string of the molecule is CC1(C)NC(=O)c2sc(-c3c[nH]c4ncc(Cl)cc34)c3c2N1CCO3. The maximum absolute atomic E-state index is 12.6. The summed E-state index contributed by atoms with van der Waals surface area (Å²) in [5.41, 5.74) is 2.16. The number of carbonyl (C=O) groups is 1. The molecular weight excluding hydrogens is 360 g/mol. The Labute approximate surface area is 152 Å². The standard InChI is InChI=1S/C17H15ClN4O2S/c1-17(2)21-16(23)14-11-12(24-4-3-22(11)17)13(25-14)10-7-20-15-9(10)5-8(18)6-19-15/h5-7H,3-4H2,1-2H3,(H,19,20)(H,21,23). The highest BCUT2D eigenvalue weighted by molar-refractivity contribution is 7.18. The van der Waals surface area contributed by atoms with Gasteiger partial charge in [-0.2, -0.15) is 0 Å². The van der Waals surface area contributed by atoms with E-state index in [1.165, 1.54) is 11.3 Å². The highest BCUT2D eigenvalue weighted by Gasteiger charge is 2.43. The van der Waals surface area contributed by atoms with E-state index in [1.54, 1.807) is 6.20 Å². The first-order valence-electron chi connectivity index (χ1n) is 7.98. The fraction of sp³-hybridized carbons (Fsp3) is 0.294. The zero-order valence-electron chi connectivity index (χ0n) is 13.6. The number of carbonyl (C=O) groups excluding carboxylic acids is 1. The monoisotopic (exact) mass is 374 g/mol. The summed E-state index contributed by atoms with van der Waals surface area (Å²) in [6.07, 6.45) is 3.51. The molecule has 0 saturated heterocycles. The highest BCUT2D eigenvalue weighted by atomic mass is 35.5. The molecule has 25 heavy (non-hydrogen) atoms. The maximum Gasteiger partial charge on any atom is 0.265 e. The van der Waals surface area contributed by atoms with Gasteiger partial charge in [-0.1, -0.05) is 11.6 Å². The second kappa shape index (κ2) is 4.89. The van der Waals surface area contributed by atoms with Crippen LogP contribution in [0.5, 0.6) is 5.75 Å². The van der Waals surface area contributed by atoms with Crippen molar-refractivity contribution in [3.8, 4) is 16.2 Å². The summed E-state index contributed by atoms with van der Waals surface area (Å²) >= 11 is 7.58. The van der Waals surface area contributed by atoms with E-state index in [-0.39, 0.29) is 5.91 Å². The molecule has 0 atom stereocenters. The van der Waals surface area contributed by atoms with Gasteiger partial charge in [-0.05, 0) is 19.9 Å². The average molecular weight is 375 g/mol. The first kappa shape index (κ1) is 15.0. The van der Waals surface area contributed by atoms with E-state index in [0.717, 1.165) is 39.5 Å². The van der Waals surface area contributed by atoms with Crippen molar-refractivity contribution in [2.45, 2.75) is 19.5 Å². The van der Waals surface area contributed by atoms with Gasteiger partial charge in [0.15, 0.2) is 5.75 Å². The van der Waals surface area contributed by atoms with Gasteiger partial charge < -0.3 is 19.9 Å². The van der Waals surface area contributed by atoms with Crippen LogP contribution in [0.1, 0.15) is 23.5 Å². The molecule has 5 rings (SSSR count). The van der Waals surface area contributed by atoms with Crippen LogP contribution in [0, 0.1) is 0 Å². The van der Waals surface area contributed by atoms with Crippen LogP contribution in [0.2, 0.25) is 5.02 Å². The number of pyridine rings is 1. The van der Waals surface area contributed by atoms with Gasteiger partial charge in [-0.3, -0.25) is 4.79 Å². The number of halogens is 1. The molecule has 2 aliphatic rings. The van der Waals surface area contributed by atoms with Crippen molar-refractivity contribution in [2.24, 2.45) is 0 Å². The number of rotatable bonds is 1. The molecular formula is C17H15ClN4O2S. The number of amides is 1. The molecule has 3 aromatic rings. The van der Waals surface area contributed by atoms with Crippen LogP contribution in [0.3, 0.4) is 0 Å². The van der Waals surface area contributed by atoms with Crippen molar-refractivity contribution in [1.29, 1.82) is 0 Å². The second-order valence-electron chi connectivity index (χ2n) is 6.70. The maximum atomic E-state index is 12.6. The molecule has 0 aromatic carbocycles.